The van der Waals surface area contributed by atoms with Crippen molar-refractivity contribution in [3.8, 4) is 55.6 Å². The van der Waals surface area contributed by atoms with E-state index in [1.54, 1.807) is 0 Å². The molecule has 1 nitrogen and oxygen atoms in total. The molecule has 0 heterocycles. The van der Waals surface area contributed by atoms with Crippen molar-refractivity contribution in [2.24, 2.45) is 0 Å². The Morgan fingerprint density at radius 1 is 0.305 bits per heavy atom. The third-order valence-corrected chi connectivity index (χ3v) is 13.3. The molecule has 9 aromatic carbocycles. The summed E-state index contributed by atoms with van der Waals surface area (Å²) in [7, 11) is 0. The lowest BCUT2D eigenvalue weighted by Crippen LogP contribution is -2.17. The van der Waals surface area contributed by atoms with Crippen LogP contribution in [-0.2, 0) is 10.8 Å². The lowest BCUT2D eigenvalue weighted by molar-refractivity contribution is 0.660. The van der Waals surface area contributed by atoms with Gasteiger partial charge in [0, 0.05) is 27.8 Å². The van der Waals surface area contributed by atoms with E-state index >= 15 is 0 Å². The van der Waals surface area contributed by atoms with Crippen LogP contribution in [0.2, 0.25) is 0 Å². The molecule has 0 spiro atoms. The van der Waals surface area contributed by atoms with Gasteiger partial charge >= 0.3 is 0 Å². The normalized spacial score (nSPS) is 14.0. The summed E-state index contributed by atoms with van der Waals surface area (Å²) in [6, 6.07) is 74.3. The fraction of sp³-hybridized carbons (Fsp3) is 0.103. The Bertz CT molecular complexity index is 3090. The lowest BCUT2D eigenvalue weighted by Gasteiger charge is -2.30. The first-order valence-corrected chi connectivity index (χ1v) is 20.8. The van der Waals surface area contributed by atoms with Crippen molar-refractivity contribution in [3.63, 3.8) is 0 Å². The molecular weight excluding hydrogens is 711 g/mol. The third kappa shape index (κ3) is 5.45. The SMILES string of the molecule is CC1(C)c2ccccc2-c2ccc(-c3ccc(N(c4ccc5c(c4)C(C)(C)c4ccccc4-5)c4ccccc4-c4cccc5cccc(-c6ccccc6)c45)cc3)cc21. The highest BCUT2D eigenvalue weighted by Gasteiger charge is 2.37. The molecule has 11 rings (SSSR count). The van der Waals surface area contributed by atoms with E-state index in [0.29, 0.717) is 0 Å². The second kappa shape index (κ2) is 13.3. The molecule has 0 amide bonds. The van der Waals surface area contributed by atoms with E-state index < -0.39 is 0 Å². The van der Waals surface area contributed by atoms with Crippen LogP contribution in [0.5, 0.6) is 0 Å². The van der Waals surface area contributed by atoms with Gasteiger partial charge in [-0.1, -0.05) is 191 Å². The molecule has 9 aromatic rings. The Morgan fingerprint density at radius 3 is 1.47 bits per heavy atom. The fourth-order valence-corrected chi connectivity index (χ4v) is 10.3. The maximum atomic E-state index is 2.48. The van der Waals surface area contributed by atoms with E-state index in [4.69, 9.17) is 0 Å². The van der Waals surface area contributed by atoms with Crippen LogP contribution in [0, 0.1) is 0 Å². The summed E-state index contributed by atoms with van der Waals surface area (Å²) in [6.07, 6.45) is 0. The van der Waals surface area contributed by atoms with E-state index in [2.05, 4.69) is 233 Å². The molecule has 0 saturated carbocycles. The van der Waals surface area contributed by atoms with Crippen LogP contribution < -0.4 is 4.90 Å². The van der Waals surface area contributed by atoms with Gasteiger partial charge in [0.25, 0.3) is 0 Å². The lowest BCUT2D eigenvalue weighted by atomic mass is 9.81. The first-order valence-electron chi connectivity index (χ1n) is 20.8. The van der Waals surface area contributed by atoms with Crippen molar-refractivity contribution in [2.75, 3.05) is 4.90 Å². The molecule has 0 aromatic heterocycles. The summed E-state index contributed by atoms with van der Waals surface area (Å²) in [5, 5.41) is 2.49. The zero-order valence-electron chi connectivity index (χ0n) is 34.0. The standard InChI is InChI=1S/C58H45N/c1-57(2)51-25-11-8-20-45(51)47-34-30-41(36-53(47)57)38-28-31-42(32-29-38)59(43-33-35-48-46-21-9-12-26-52(46)58(3,4)54(48)37-43)55-27-13-10-22-49(55)50-24-15-19-40-18-14-23-44(56(40)50)39-16-6-5-7-17-39/h5-37H,1-4H3. The molecule has 282 valence electrons. The first kappa shape index (κ1) is 35.2. The molecule has 59 heavy (non-hydrogen) atoms. The third-order valence-electron chi connectivity index (χ3n) is 13.3. The Balaban J connectivity index is 1.09. The molecule has 0 saturated heterocycles. The molecule has 0 atom stereocenters. The Morgan fingerprint density at radius 2 is 0.797 bits per heavy atom. The summed E-state index contributed by atoms with van der Waals surface area (Å²) < 4.78 is 0. The van der Waals surface area contributed by atoms with Crippen molar-refractivity contribution in [3.05, 3.63) is 222 Å². The van der Waals surface area contributed by atoms with Gasteiger partial charge in [0.15, 0.2) is 0 Å². The molecule has 0 bridgehead atoms. The van der Waals surface area contributed by atoms with Gasteiger partial charge in [-0.05, 0) is 119 Å². The minimum Gasteiger partial charge on any atom is -0.310 e. The van der Waals surface area contributed by atoms with Crippen molar-refractivity contribution < 1.29 is 0 Å². The number of para-hydroxylation sites is 1. The molecule has 0 unspecified atom stereocenters. The van der Waals surface area contributed by atoms with E-state index in [0.717, 1.165) is 17.1 Å². The summed E-state index contributed by atoms with van der Waals surface area (Å²) in [5.74, 6) is 0. The molecular formula is C58H45N. The first-order chi connectivity index (χ1) is 28.8. The molecule has 0 aliphatic heterocycles. The van der Waals surface area contributed by atoms with Crippen LogP contribution in [0.4, 0.5) is 17.1 Å². The topological polar surface area (TPSA) is 3.24 Å². The largest absolute Gasteiger partial charge is 0.310 e. The van der Waals surface area contributed by atoms with Crippen LogP contribution in [-0.4, -0.2) is 0 Å². The Hall–Kier alpha value is -6.96. The maximum absolute atomic E-state index is 2.48. The van der Waals surface area contributed by atoms with Gasteiger partial charge in [0.2, 0.25) is 0 Å². The average molecular weight is 756 g/mol. The zero-order chi connectivity index (χ0) is 39.9. The minimum atomic E-state index is -0.127. The van der Waals surface area contributed by atoms with Crippen LogP contribution in [0.1, 0.15) is 49.9 Å². The fourth-order valence-electron chi connectivity index (χ4n) is 10.3. The van der Waals surface area contributed by atoms with Crippen LogP contribution in [0.15, 0.2) is 200 Å². The van der Waals surface area contributed by atoms with E-state index in [1.807, 2.05) is 0 Å². The molecule has 0 N–H and O–H groups in total. The average Bonchev–Trinajstić information content (AvgIpc) is 3.66. The Kier molecular flexibility index (Phi) is 7.94. The number of hydrogen-bond donors (Lipinski definition) is 0. The van der Waals surface area contributed by atoms with Crippen molar-refractivity contribution in [1.29, 1.82) is 0 Å². The predicted molar refractivity (Wildman–Crippen MR) is 250 cm³/mol. The second-order valence-corrected chi connectivity index (χ2v) is 17.3. The summed E-state index contributed by atoms with van der Waals surface area (Å²) in [4.78, 5) is 2.48. The van der Waals surface area contributed by atoms with Gasteiger partial charge in [0.05, 0.1) is 5.69 Å². The highest BCUT2D eigenvalue weighted by atomic mass is 15.1. The summed E-state index contributed by atoms with van der Waals surface area (Å²) in [5.41, 5.74) is 21.4. The van der Waals surface area contributed by atoms with Crippen LogP contribution in [0.3, 0.4) is 0 Å². The van der Waals surface area contributed by atoms with Gasteiger partial charge in [-0.2, -0.15) is 0 Å². The van der Waals surface area contributed by atoms with Crippen LogP contribution >= 0.6 is 0 Å². The second-order valence-electron chi connectivity index (χ2n) is 17.3. The monoisotopic (exact) mass is 755 g/mol. The smallest absolute Gasteiger partial charge is 0.0540 e. The number of fused-ring (bicyclic) bond motifs is 7. The van der Waals surface area contributed by atoms with Crippen molar-refractivity contribution >= 4 is 27.8 Å². The minimum absolute atomic E-state index is 0.0502. The van der Waals surface area contributed by atoms with Crippen LogP contribution in [0.25, 0.3) is 66.4 Å². The summed E-state index contributed by atoms with van der Waals surface area (Å²) in [6.45, 7) is 9.45. The molecule has 0 radical (unpaired) electrons. The van der Waals surface area contributed by atoms with Gasteiger partial charge < -0.3 is 4.90 Å². The predicted octanol–water partition coefficient (Wildman–Crippen LogP) is 15.9. The van der Waals surface area contributed by atoms with E-state index in [-0.39, 0.29) is 10.8 Å². The molecule has 2 aliphatic carbocycles. The summed E-state index contributed by atoms with van der Waals surface area (Å²) >= 11 is 0. The van der Waals surface area contributed by atoms with Crippen molar-refractivity contribution in [2.45, 2.75) is 38.5 Å². The number of nitrogens with zero attached hydrogens (tertiary/aromatic N) is 1. The molecule has 0 fully saturated rings. The van der Waals surface area contributed by atoms with E-state index in [9.17, 15) is 0 Å². The number of hydrogen-bond acceptors (Lipinski definition) is 1. The maximum Gasteiger partial charge on any atom is 0.0540 e. The van der Waals surface area contributed by atoms with Gasteiger partial charge in [-0.3, -0.25) is 0 Å². The zero-order valence-corrected chi connectivity index (χ0v) is 34.0. The van der Waals surface area contributed by atoms with Gasteiger partial charge in [-0.25, -0.2) is 0 Å². The number of rotatable bonds is 6. The highest BCUT2D eigenvalue weighted by Crippen LogP contribution is 2.53. The van der Waals surface area contributed by atoms with Gasteiger partial charge in [-0.15, -0.1) is 0 Å². The van der Waals surface area contributed by atoms with Gasteiger partial charge in [0.1, 0.15) is 0 Å². The Labute approximate surface area is 347 Å². The molecule has 1 heteroatoms. The quantitative estimate of drug-likeness (QED) is 0.163. The van der Waals surface area contributed by atoms with Crippen molar-refractivity contribution in [1.82, 2.24) is 0 Å². The molecule has 2 aliphatic rings. The van der Waals surface area contributed by atoms with E-state index in [1.165, 1.54) is 88.7 Å². The number of anilines is 3. The number of benzene rings is 9. The highest BCUT2D eigenvalue weighted by molar-refractivity contribution is 6.09.